The molecule has 0 bridgehead atoms. The van der Waals surface area contributed by atoms with Crippen molar-refractivity contribution in [2.75, 3.05) is 5.88 Å². The van der Waals surface area contributed by atoms with Crippen LogP contribution >= 0.6 is 11.6 Å². The number of hydrogen-bond donors (Lipinski definition) is 0. The van der Waals surface area contributed by atoms with E-state index in [0.29, 0.717) is 18.7 Å². The maximum atomic E-state index is 11.8. The molecule has 0 atom stereocenters. The Kier molecular flexibility index (Phi) is 4.37. The molecule has 0 aliphatic rings. The van der Waals surface area contributed by atoms with Gasteiger partial charge in [0.05, 0.1) is 17.6 Å². The predicted molar refractivity (Wildman–Crippen MR) is 74.1 cm³/mol. The molecule has 0 aliphatic heterocycles. The van der Waals surface area contributed by atoms with E-state index in [1.54, 1.807) is 0 Å². The largest absolute Gasteiger partial charge is 0.299 e. The van der Waals surface area contributed by atoms with E-state index >= 15 is 0 Å². The molecule has 3 nitrogen and oxygen atoms in total. The lowest BCUT2D eigenvalue weighted by Gasteiger charge is -1.97. The highest BCUT2D eigenvalue weighted by molar-refractivity contribution is 6.17. The second kappa shape index (κ2) is 6.01. The van der Waals surface area contributed by atoms with Crippen LogP contribution in [0, 0.1) is 0 Å². The summed E-state index contributed by atoms with van der Waals surface area (Å²) in [6, 6.07) is 8.04. The summed E-state index contributed by atoms with van der Waals surface area (Å²) >= 11 is 5.60. The highest BCUT2D eigenvalue weighted by Gasteiger charge is 2.12. The van der Waals surface area contributed by atoms with Crippen LogP contribution in [-0.4, -0.2) is 21.4 Å². The summed E-state index contributed by atoms with van der Waals surface area (Å²) in [7, 11) is 0. The van der Waals surface area contributed by atoms with Crippen molar-refractivity contribution in [2.24, 2.45) is 0 Å². The number of carbonyl (C=O) groups excluding carboxylic acids is 1. The third-order valence-corrected chi connectivity index (χ3v) is 3.26. The molecule has 96 valence electrons. The molecular formula is C14H17ClN2O. The second-order valence-electron chi connectivity index (χ2n) is 4.29. The van der Waals surface area contributed by atoms with E-state index < -0.39 is 0 Å². The molecule has 2 rings (SSSR count). The van der Waals surface area contributed by atoms with Gasteiger partial charge in [-0.15, -0.1) is 11.6 Å². The van der Waals surface area contributed by atoms with Crippen molar-refractivity contribution in [3.8, 4) is 0 Å². The van der Waals surface area contributed by atoms with Crippen LogP contribution < -0.4 is 0 Å². The van der Waals surface area contributed by atoms with Crippen LogP contribution in [0.1, 0.15) is 25.5 Å². The lowest BCUT2D eigenvalue weighted by molar-refractivity contribution is -0.118. The lowest BCUT2D eigenvalue weighted by Crippen LogP contribution is -2.05. The number of carbonyl (C=O) groups is 1. The summed E-state index contributed by atoms with van der Waals surface area (Å²) in [6.07, 6.45) is 1.69. The van der Waals surface area contributed by atoms with Gasteiger partial charge in [0.15, 0.2) is 0 Å². The zero-order valence-electron chi connectivity index (χ0n) is 10.5. The van der Waals surface area contributed by atoms with Crippen molar-refractivity contribution in [3.63, 3.8) is 0 Å². The highest BCUT2D eigenvalue weighted by atomic mass is 35.5. The smallest absolute Gasteiger partial charge is 0.138 e. The third-order valence-electron chi connectivity index (χ3n) is 2.99. The third kappa shape index (κ3) is 2.72. The van der Waals surface area contributed by atoms with Gasteiger partial charge in [-0.3, -0.25) is 9.48 Å². The Hall–Kier alpha value is -1.35. The minimum atomic E-state index is 0.210. The van der Waals surface area contributed by atoms with Gasteiger partial charge in [-0.05, 0) is 19.4 Å². The van der Waals surface area contributed by atoms with Crippen molar-refractivity contribution in [1.82, 2.24) is 9.78 Å². The monoisotopic (exact) mass is 264 g/mol. The first-order chi connectivity index (χ1) is 8.76. The summed E-state index contributed by atoms with van der Waals surface area (Å²) in [6.45, 7) is 2.87. The second-order valence-corrected chi connectivity index (χ2v) is 4.67. The fourth-order valence-electron chi connectivity index (χ4n) is 2.11. The molecule has 4 heteroatoms. The van der Waals surface area contributed by atoms with Crippen LogP contribution in [-0.2, 0) is 17.8 Å². The maximum absolute atomic E-state index is 11.8. The van der Waals surface area contributed by atoms with Crippen molar-refractivity contribution >= 4 is 28.3 Å². The van der Waals surface area contributed by atoms with E-state index in [1.807, 2.05) is 28.9 Å². The number of aromatic nitrogens is 2. The van der Waals surface area contributed by atoms with E-state index in [2.05, 4.69) is 12.0 Å². The SMILES string of the molecule is CCn1nc(CC(=O)CCCCl)c2ccccc21. The topological polar surface area (TPSA) is 34.9 Å². The molecule has 0 fully saturated rings. The van der Waals surface area contributed by atoms with Crippen molar-refractivity contribution in [2.45, 2.75) is 32.7 Å². The number of ketones is 1. The summed E-state index contributed by atoms with van der Waals surface area (Å²) in [4.78, 5) is 11.8. The number of nitrogens with zero attached hydrogens (tertiary/aromatic N) is 2. The van der Waals surface area contributed by atoms with Gasteiger partial charge in [0.1, 0.15) is 5.78 Å². The van der Waals surface area contributed by atoms with Gasteiger partial charge in [0.25, 0.3) is 0 Å². The van der Waals surface area contributed by atoms with Crippen molar-refractivity contribution in [3.05, 3.63) is 30.0 Å². The van der Waals surface area contributed by atoms with E-state index in [0.717, 1.165) is 29.6 Å². The van der Waals surface area contributed by atoms with Crippen molar-refractivity contribution < 1.29 is 4.79 Å². The van der Waals surface area contributed by atoms with E-state index in [-0.39, 0.29) is 5.78 Å². The lowest BCUT2D eigenvalue weighted by atomic mass is 10.1. The first kappa shape index (κ1) is 13.1. The molecule has 18 heavy (non-hydrogen) atoms. The molecule has 0 saturated heterocycles. The molecule has 1 heterocycles. The Bertz CT molecular complexity index is 548. The zero-order chi connectivity index (χ0) is 13.0. The minimum absolute atomic E-state index is 0.210. The quantitative estimate of drug-likeness (QED) is 0.751. The van der Waals surface area contributed by atoms with Gasteiger partial charge in [0.2, 0.25) is 0 Å². The molecule has 2 aromatic rings. The highest BCUT2D eigenvalue weighted by Crippen LogP contribution is 2.19. The minimum Gasteiger partial charge on any atom is -0.299 e. The summed E-state index contributed by atoms with van der Waals surface area (Å²) in [5, 5.41) is 5.60. The van der Waals surface area contributed by atoms with E-state index in [4.69, 9.17) is 11.6 Å². The molecule has 0 aliphatic carbocycles. The molecule has 0 radical (unpaired) electrons. The van der Waals surface area contributed by atoms with E-state index in [9.17, 15) is 4.79 Å². The first-order valence-electron chi connectivity index (χ1n) is 6.28. The van der Waals surface area contributed by atoms with Crippen LogP contribution in [0.25, 0.3) is 10.9 Å². The maximum Gasteiger partial charge on any atom is 0.138 e. The molecule has 0 unspecified atom stereocenters. The Morgan fingerprint density at radius 1 is 1.39 bits per heavy atom. The Morgan fingerprint density at radius 2 is 2.17 bits per heavy atom. The summed E-state index contributed by atoms with van der Waals surface area (Å²) in [5.74, 6) is 0.748. The number of para-hydroxylation sites is 1. The average molecular weight is 265 g/mol. The van der Waals surface area contributed by atoms with Gasteiger partial charge in [-0.2, -0.15) is 5.10 Å². The predicted octanol–water partition coefficient (Wildman–Crippen LogP) is 3.19. The van der Waals surface area contributed by atoms with Crippen LogP contribution in [0.5, 0.6) is 0 Å². The average Bonchev–Trinajstić information content (AvgIpc) is 2.75. The fraction of sp³-hybridized carbons (Fsp3) is 0.429. The molecule has 0 spiro atoms. The number of aryl methyl sites for hydroxylation is 1. The van der Waals surface area contributed by atoms with Crippen LogP contribution in [0.4, 0.5) is 0 Å². The normalized spacial score (nSPS) is 11.0. The molecule has 1 aromatic heterocycles. The van der Waals surface area contributed by atoms with E-state index in [1.165, 1.54) is 0 Å². The van der Waals surface area contributed by atoms with Gasteiger partial charge in [-0.1, -0.05) is 18.2 Å². The van der Waals surface area contributed by atoms with Gasteiger partial charge < -0.3 is 0 Å². The Labute approximate surface area is 112 Å². The summed E-state index contributed by atoms with van der Waals surface area (Å²) in [5.41, 5.74) is 1.98. The number of rotatable bonds is 6. The molecule has 0 saturated carbocycles. The fourth-order valence-corrected chi connectivity index (χ4v) is 2.24. The number of halogens is 1. The van der Waals surface area contributed by atoms with Gasteiger partial charge >= 0.3 is 0 Å². The number of fused-ring (bicyclic) bond motifs is 1. The van der Waals surface area contributed by atoms with Crippen LogP contribution in [0.2, 0.25) is 0 Å². The van der Waals surface area contributed by atoms with Crippen molar-refractivity contribution in [1.29, 1.82) is 0 Å². The molecular weight excluding hydrogens is 248 g/mol. The summed E-state index contributed by atoms with van der Waals surface area (Å²) < 4.78 is 1.94. The molecule has 1 aromatic carbocycles. The Morgan fingerprint density at radius 3 is 2.89 bits per heavy atom. The van der Waals surface area contributed by atoms with Crippen LogP contribution in [0.3, 0.4) is 0 Å². The Balaban J connectivity index is 2.25. The number of hydrogen-bond acceptors (Lipinski definition) is 2. The van der Waals surface area contributed by atoms with Gasteiger partial charge in [-0.25, -0.2) is 0 Å². The van der Waals surface area contributed by atoms with Gasteiger partial charge in [0, 0.05) is 24.2 Å². The number of Topliss-reactive ketones (excluding diaryl/α,β-unsaturated/α-hetero) is 1. The molecule has 0 amide bonds. The first-order valence-corrected chi connectivity index (χ1v) is 6.81. The zero-order valence-corrected chi connectivity index (χ0v) is 11.3. The molecule has 0 N–H and O–H groups in total. The number of benzene rings is 1. The van der Waals surface area contributed by atoms with Crippen LogP contribution in [0.15, 0.2) is 24.3 Å². The standard InChI is InChI=1S/C14H17ClN2O/c1-2-17-14-8-4-3-7-12(14)13(16-17)10-11(18)6-5-9-15/h3-4,7-8H,2,5-6,9-10H2,1H3. The number of alkyl halides is 1.